The molecule has 9 heteroatoms. The number of amides is 2. The van der Waals surface area contributed by atoms with E-state index in [9.17, 15) is 15.3 Å². The lowest BCUT2D eigenvalue weighted by atomic mass is 9.93. The molecule has 4 rings (SSSR count). The van der Waals surface area contributed by atoms with Gasteiger partial charge in [0.05, 0.1) is 28.3 Å². The molecule has 1 aliphatic heterocycles. The standard InChI is InChI=1S/C25H24N6O2S/c1-16-11-20(12-17(2)28-16)22-21(19-6-4-5-18(13-19)14-26)29-23(34-22)30-24(32)31-9-7-25(15-27,33-3)8-10-31/h4-6,11-13H,7-10H2,1-3H3,(H,29,30,32). The molecule has 3 heterocycles. The number of hydrogen-bond acceptors (Lipinski definition) is 7. The first kappa shape index (κ1) is 23.4. The number of benzene rings is 1. The van der Waals surface area contributed by atoms with Gasteiger partial charge >= 0.3 is 6.03 Å². The minimum absolute atomic E-state index is 0.262. The molecule has 1 aromatic carbocycles. The Morgan fingerprint density at radius 1 is 1.12 bits per heavy atom. The molecular formula is C25H24N6O2S. The lowest BCUT2D eigenvalue weighted by molar-refractivity contribution is -0.00478. The molecule has 0 saturated carbocycles. The summed E-state index contributed by atoms with van der Waals surface area (Å²) in [6.45, 7) is 4.72. The van der Waals surface area contributed by atoms with Crippen LogP contribution in [0.4, 0.5) is 9.93 Å². The first-order valence-corrected chi connectivity index (χ1v) is 11.7. The largest absolute Gasteiger partial charge is 0.363 e. The van der Waals surface area contributed by atoms with Crippen LogP contribution in [0.15, 0.2) is 36.4 Å². The topological polar surface area (TPSA) is 115 Å². The molecule has 0 atom stereocenters. The van der Waals surface area contributed by atoms with Crippen molar-refractivity contribution in [3.63, 3.8) is 0 Å². The highest BCUT2D eigenvalue weighted by atomic mass is 32.1. The van der Waals surface area contributed by atoms with Gasteiger partial charge in [-0.05, 0) is 43.7 Å². The molecule has 8 nitrogen and oxygen atoms in total. The van der Waals surface area contributed by atoms with E-state index >= 15 is 0 Å². The predicted molar refractivity (Wildman–Crippen MR) is 130 cm³/mol. The molecule has 34 heavy (non-hydrogen) atoms. The summed E-state index contributed by atoms with van der Waals surface area (Å²) in [6.07, 6.45) is 0.913. The van der Waals surface area contributed by atoms with Crippen LogP contribution in [0.25, 0.3) is 21.7 Å². The van der Waals surface area contributed by atoms with Gasteiger partial charge in [-0.1, -0.05) is 23.5 Å². The summed E-state index contributed by atoms with van der Waals surface area (Å²) in [7, 11) is 1.53. The molecule has 2 aromatic heterocycles. The van der Waals surface area contributed by atoms with E-state index in [4.69, 9.17) is 9.72 Å². The average Bonchev–Trinajstić information content (AvgIpc) is 3.27. The van der Waals surface area contributed by atoms with Crippen molar-refractivity contribution in [3.05, 3.63) is 53.3 Å². The van der Waals surface area contributed by atoms with Crippen LogP contribution < -0.4 is 5.32 Å². The Balaban J connectivity index is 1.65. The Bertz CT molecular complexity index is 1290. The van der Waals surface area contributed by atoms with E-state index in [1.54, 1.807) is 17.0 Å². The second-order valence-electron chi connectivity index (χ2n) is 8.26. The number of carbonyl (C=O) groups excluding carboxylic acids is 1. The average molecular weight is 473 g/mol. The van der Waals surface area contributed by atoms with Crippen molar-refractivity contribution >= 4 is 22.5 Å². The molecular weight excluding hydrogens is 448 g/mol. The van der Waals surface area contributed by atoms with Gasteiger partial charge in [0, 0.05) is 50.0 Å². The maximum Gasteiger partial charge on any atom is 0.323 e. The van der Waals surface area contributed by atoms with Crippen molar-refractivity contribution in [2.24, 2.45) is 0 Å². The maximum atomic E-state index is 13.0. The number of hydrogen-bond donors (Lipinski definition) is 1. The molecule has 0 unspecified atom stereocenters. The highest BCUT2D eigenvalue weighted by Gasteiger charge is 2.36. The van der Waals surface area contributed by atoms with E-state index in [2.05, 4.69) is 22.4 Å². The molecule has 0 radical (unpaired) electrons. The first-order valence-electron chi connectivity index (χ1n) is 10.9. The number of pyridine rings is 1. The molecule has 1 aliphatic rings. The fourth-order valence-corrected chi connectivity index (χ4v) is 5.03. The summed E-state index contributed by atoms with van der Waals surface area (Å²) in [5.41, 5.74) is 3.94. The summed E-state index contributed by atoms with van der Waals surface area (Å²) in [6, 6.07) is 15.4. The van der Waals surface area contributed by atoms with Crippen LogP contribution >= 0.6 is 11.3 Å². The van der Waals surface area contributed by atoms with Crippen molar-refractivity contribution < 1.29 is 9.53 Å². The molecule has 0 bridgehead atoms. The molecule has 0 aliphatic carbocycles. The summed E-state index contributed by atoms with van der Waals surface area (Å²) in [4.78, 5) is 24.7. The van der Waals surface area contributed by atoms with Crippen molar-refractivity contribution in [2.75, 3.05) is 25.5 Å². The maximum absolute atomic E-state index is 13.0. The van der Waals surface area contributed by atoms with Gasteiger partial charge in [-0.15, -0.1) is 0 Å². The van der Waals surface area contributed by atoms with Crippen molar-refractivity contribution in [2.45, 2.75) is 32.3 Å². The fraction of sp³-hybridized carbons (Fsp3) is 0.320. The zero-order valence-corrected chi connectivity index (χ0v) is 20.1. The van der Waals surface area contributed by atoms with Crippen LogP contribution in [-0.2, 0) is 4.74 Å². The zero-order valence-electron chi connectivity index (χ0n) is 19.3. The van der Waals surface area contributed by atoms with E-state index in [1.165, 1.54) is 18.4 Å². The molecule has 1 N–H and O–H groups in total. The Kier molecular flexibility index (Phi) is 6.60. The van der Waals surface area contributed by atoms with Crippen LogP contribution in [0, 0.1) is 36.5 Å². The Morgan fingerprint density at radius 2 is 1.82 bits per heavy atom. The van der Waals surface area contributed by atoms with Gasteiger partial charge in [-0.3, -0.25) is 10.3 Å². The molecule has 1 fully saturated rings. The third kappa shape index (κ3) is 4.76. The normalized spacial score (nSPS) is 14.8. The Hall–Kier alpha value is -3.79. The third-order valence-electron chi connectivity index (χ3n) is 5.90. The van der Waals surface area contributed by atoms with E-state index in [-0.39, 0.29) is 6.03 Å². The van der Waals surface area contributed by atoms with Crippen LogP contribution in [0.5, 0.6) is 0 Å². The molecule has 2 amide bonds. The van der Waals surface area contributed by atoms with Gasteiger partial charge in [0.1, 0.15) is 0 Å². The number of piperidine rings is 1. The lowest BCUT2D eigenvalue weighted by Crippen LogP contribution is -2.48. The Labute approximate surface area is 202 Å². The lowest BCUT2D eigenvalue weighted by Gasteiger charge is -2.35. The number of nitrogens with zero attached hydrogens (tertiary/aromatic N) is 5. The third-order valence-corrected chi connectivity index (χ3v) is 6.92. The summed E-state index contributed by atoms with van der Waals surface area (Å²) in [5.74, 6) is 0. The number of nitrogens with one attached hydrogen (secondary N) is 1. The number of urea groups is 1. The van der Waals surface area contributed by atoms with Crippen LogP contribution in [0.1, 0.15) is 29.8 Å². The molecule has 3 aromatic rings. The van der Waals surface area contributed by atoms with Gasteiger partial charge in [-0.25, -0.2) is 9.78 Å². The quantitative estimate of drug-likeness (QED) is 0.578. The molecule has 0 spiro atoms. The van der Waals surface area contributed by atoms with E-state index in [0.717, 1.165) is 27.4 Å². The Morgan fingerprint density at radius 3 is 2.44 bits per heavy atom. The number of ether oxygens (including phenoxy) is 1. The summed E-state index contributed by atoms with van der Waals surface area (Å²) >= 11 is 1.38. The van der Waals surface area contributed by atoms with Crippen LogP contribution in [0.2, 0.25) is 0 Å². The van der Waals surface area contributed by atoms with Gasteiger partial charge in [0.2, 0.25) is 0 Å². The van der Waals surface area contributed by atoms with Crippen molar-refractivity contribution in [3.8, 4) is 33.8 Å². The number of likely N-dealkylation sites (tertiary alicyclic amines) is 1. The van der Waals surface area contributed by atoms with Gasteiger partial charge in [0.25, 0.3) is 0 Å². The number of carbonyl (C=O) groups is 1. The summed E-state index contributed by atoms with van der Waals surface area (Å²) in [5, 5.41) is 22.1. The van der Waals surface area contributed by atoms with E-state index < -0.39 is 5.60 Å². The number of aromatic nitrogens is 2. The number of aryl methyl sites for hydroxylation is 2. The fourth-order valence-electron chi connectivity index (χ4n) is 4.07. The smallest absolute Gasteiger partial charge is 0.323 e. The summed E-state index contributed by atoms with van der Waals surface area (Å²) < 4.78 is 5.37. The minimum Gasteiger partial charge on any atom is -0.363 e. The highest BCUT2D eigenvalue weighted by Crippen LogP contribution is 2.40. The van der Waals surface area contributed by atoms with Crippen molar-refractivity contribution in [1.82, 2.24) is 14.9 Å². The molecule has 1 saturated heterocycles. The van der Waals surface area contributed by atoms with Crippen molar-refractivity contribution in [1.29, 1.82) is 10.5 Å². The monoisotopic (exact) mass is 472 g/mol. The second-order valence-corrected chi connectivity index (χ2v) is 9.25. The van der Waals surface area contributed by atoms with E-state index in [0.29, 0.717) is 42.3 Å². The minimum atomic E-state index is -0.832. The van der Waals surface area contributed by atoms with Crippen LogP contribution in [0.3, 0.4) is 0 Å². The number of methoxy groups -OCH3 is 1. The van der Waals surface area contributed by atoms with Crippen LogP contribution in [-0.4, -0.2) is 46.7 Å². The first-order chi connectivity index (χ1) is 16.4. The zero-order chi connectivity index (χ0) is 24.3. The van der Waals surface area contributed by atoms with Gasteiger partial charge < -0.3 is 9.64 Å². The van der Waals surface area contributed by atoms with Gasteiger partial charge in [0.15, 0.2) is 10.7 Å². The number of rotatable bonds is 4. The van der Waals surface area contributed by atoms with Gasteiger partial charge in [-0.2, -0.15) is 10.5 Å². The predicted octanol–water partition coefficient (Wildman–Crippen LogP) is 4.90. The molecule has 172 valence electrons. The van der Waals surface area contributed by atoms with E-state index in [1.807, 2.05) is 38.1 Å². The number of thiazole rings is 1. The SMILES string of the molecule is COC1(C#N)CCN(C(=O)Nc2nc(-c3cccc(C#N)c3)c(-c3cc(C)nc(C)c3)s2)CC1. The number of nitriles is 2. The highest BCUT2D eigenvalue weighted by molar-refractivity contribution is 7.19. The second kappa shape index (κ2) is 9.60. The number of anilines is 1.